The van der Waals surface area contributed by atoms with Gasteiger partial charge in [-0.05, 0) is 61.2 Å². The molecule has 3 heterocycles. The summed E-state index contributed by atoms with van der Waals surface area (Å²) >= 11 is 4.82. The number of aromatic nitrogens is 1. The summed E-state index contributed by atoms with van der Waals surface area (Å²) in [5.74, 6) is 0.0999. The first-order chi connectivity index (χ1) is 9.74. The van der Waals surface area contributed by atoms with Gasteiger partial charge in [0.2, 0.25) is 5.91 Å². The van der Waals surface area contributed by atoms with Crippen LogP contribution in [0.4, 0.5) is 5.13 Å². The van der Waals surface area contributed by atoms with Crippen LogP contribution in [0.5, 0.6) is 0 Å². The highest BCUT2D eigenvalue weighted by atomic mass is 79.9. The molecule has 0 bridgehead atoms. The van der Waals surface area contributed by atoms with Gasteiger partial charge >= 0.3 is 0 Å². The smallest absolute Gasteiger partial charge is 0.243 e. The van der Waals surface area contributed by atoms with Crippen molar-refractivity contribution in [3.63, 3.8) is 0 Å². The lowest BCUT2D eigenvalue weighted by Crippen LogP contribution is -2.49. The SMILES string of the molecule is O=C(Nc1ncc(Br)s1)C1CCCN1C1CCNCC1. The molecule has 20 heavy (non-hydrogen) atoms. The largest absolute Gasteiger partial charge is 0.317 e. The predicted molar refractivity (Wildman–Crippen MR) is 84.1 cm³/mol. The van der Waals surface area contributed by atoms with E-state index in [0.29, 0.717) is 11.2 Å². The van der Waals surface area contributed by atoms with Crippen molar-refractivity contribution >= 4 is 38.3 Å². The number of rotatable bonds is 3. The van der Waals surface area contributed by atoms with Crippen LogP contribution in [0.15, 0.2) is 9.98 Å². The number of thiazole rings is 1. The number of nitrogens with one attached hydrogen (secondary N) is 2. The van der Waals surface area contributed by atoms with Gasteiger partial charge in [0.15, 0.2) is 5.13 Å². The Kier molecular flexibility index (Phi) is 4.70. The first-order valence-corrected chi connectivity index (χ1v) is 8.73. The molecule has 2 N–H and O–H groups in total. The molecule has 1 aromatic heterocycles. The Bertz CT molecular complexity index is 475. The molecule has 7 heteroatoms. The molecule has 2 saturated heterocycles. The number of nitrogens with zero attached hydrogens (tertiary/aromatic N) is 2. The minimum Gasteiger partial charge on any atom is -0.317 e. The van der Waals surface area contributed by atoms with Gasteiger partial charge in [-0.25, -0.2) is 4.98 Å². The van der Waals surface area contributed by atoms with Crippen molar-refractivity contribution in [2.75, 3.05) is 25.0 Å². The van der Waals surface area contributed by atoms with Crippen LogP contribution < -0.4 is 10.6 Å². The number of hydrogen-bond donors (Lipinski definition) is 2. The van der Waals surface area contributed by atoms with E-state index in [1.54, 1.807) is 6.20 Å². The van der Waals surface area contributed by atoms with Gasteiger partial charge in [-0.15, -0.1) is 0 Å². The maximum absolute atomic E-state index is 12.5. The molecule has 1 atom stereocenters. The molecular formula is C13H19BrN4OS. The van der Waals surface area contributed by atoms with E-state index in [9.17, 15) is 4.79 Å². The highest BCUT2D eigenvalue weighted by Crippen LogP contribution is 2.27. The first kappa shape index (κ1) is 14.4. The van der Waals surface area contributed by atoms with Crippen LogP contribution in [-0.2, 0) is 4.79 Å². The van der Waals surface area contributed by atoms with Crippen LogP contribution in [0.25, 0.3) is 0 Å². The van der Waals surface area contributed by atoms with E-state index in [1.807, 2.05) is 0 Å². The second kappa shape index (κ2) is 6.51. The Hall–Kier alpha value is -0.500. The Balaban J connectivity index is 1.63. The van der Waals surface area contributed by atoms with Gasteiger partial charge in [0.1, 0.15) is 0 Å². The molecular weight excluding hydrogens is 340 g/mol. The van der Waals surface area contributed by atoms with Gasteiger partial charge in [-0.2, -0.15) is 0 Å². The molecule has 2 fully saturated rings. The molecule has 2 aliphatic heterocycles. The summed E-state index contributed by atoms with van der Waals surface area (Å²) in [4.78, 5) is 19.0. The monoisotopic (exact) mass is 358 g/mol. The summed E-state index contributed by atoms with van der Waals surface area (Å²) in [6, 6.07) is 0.568. The molecule has 2 aliphatic rings. The fourth-order valence-electron chi connectivity index (χ4n) is 3.15. The van der Waals surface area contributed by atoms with Gasteiger partial charge in [0.05, 0.1) is 16.0 Å². The Morgan fingerprint density at radius 3 is 2.95 bits per heavy atom. The number of carbonyl (C=O) groups is 1. The third kappa shape index (κ3) is 3.21. The van der Waals surface area contributed by atoms with Crippen LogP contribution in [0.1, 0.15) is 25.7 Å². The highest BCUT2D eigenvalue weighted by molar-refractivity contribution is 9.11. The zero-order valence-corrected chi connectivity index (χ0v) is 13.7. The number of carbonyl (C=O) groups excluding carboxylic acids is 1. The lowest BCUT2D eigenvalue weighted by atomic mass is 10.0. The molecule has 0 aliphatic carbocycles. The van der Waals surface area contributed by atoms with E-state index in [0.717, 1.165) is 49.1 Å². The third-order valence-corrected chi connectivity index (χ3v) is 5.47. The zero-order chi connectivity index (χ0) is 13.9. The molecule has 0 spiro atoms. The molecule has 1 unspecified atom stereocenters. The van der Waals surface area contributed by atoms with E-state index < -0.39 is 0 Å². The van der Waals surface area contributed by atoms with Crippen LogP contribution >= 0.6 is 27.3 Å². The highest BCUT2D eigenvalue weighted by Gasteiger charge is 2.35. The molecule has 0 aromatic carbocycles. The van der Waals surface area contributed by atoms with E-state index >= 15 is 0 Å². The van der Waals surface area contributed by atoms with Crippen molar-refractivity contribution < 1.29 is 4.79 Å². The van der Waals surface area contributed by atoms with E-state index in [1.165, 1.54) is 11.3 Å². The summed E-state index contributed by atoms with van der Waals surface area (Å²) < 4.78 is 0.939. The normalized spacial score (nSPS) is 24.9. The van der Waals surface area contributed by atoms with Crippen LogP contribution in [-0.4, -0.2) is 47.5 Å². The van der Waals surface area contributed by atoms with Crippen molar-refractivity contribution in [1.29, 1.82) is 0 Å². The topological polar surface area (TPSA) is 57.3 Å². The van der Waals surface area contributed by atoms with Gasteiger partial charge in [-0.1, -0.05) is 11.3 Å². The number of halogens is 1. The summed E-state index contributed by atoms with van der Waals surface area (Å²) in [6.07, 6.45) is 6.09. The molecule has 0 radical (unpaired) electrons. The third-order valence-electron chi connectivity index (χ3n) is 4.08. The summed E-state index contributed by atoms with van der Waals surface area (Å²) in [6.45, 7) is 3.17. The van der Waals surface area contributed by atoms with Crippen LogP contribution in [0.3, 0.4) is 0 Å². The van der Waals surface area contributed by atoms with Crippen molar-refractivity contribution in [2.24, 2.45) is 0 Å². The minimum atomic E-state index is 0.0146. The molecule has 5 nitrogen and oxygen atoms in total. The van der Waals surface area contributed by atoms with Crippen molar-refractivity contribution in [1.82, 2.24) is 15.2 Å². The number of amides is 1. The van der Waals surface area contributed by atoms with Crippen LogP contribution in [0, 0.1) is 0 Å². The summed E-state index contributed by atoms with van der Waals surface area (Å²) in [5, 5.41) is 7.02. The van der Waals surface area contributed by atoms with E-state index in [4.69, 9.17) is 0 Å². The Morgan fingerprint density at radius 1 is 1.45 bits per heavy atom. The van der Waals surface area contributed by atoms with Crippen LogP contribution in [0.2, 0.25) is 0 Å². The molecule has 3 rings (SSSR count). The Labute approximate surface area is 131 Å². The number of likely N-dealkylation sites (tertiary alicyclic amines) is 1. The molecule has 110 valence electrons. The lowest BCUT2D eigenvalue weighted by Gasteiger charge is -2.35. The standard InChI is InChI=1S/C13H19BrN4OS/c14-11-8-16-13(20-11)17-12(19)10-2-1-7-18(10)9-3-5-15-6-4-9/h8-10,15H,1-7H2,(H,16,17,19). The van der Waals surface area contributed by atoms with Gasteiger partial charge in [-0.3, -0.25) is 9.69 Å². The summed E-state index contributed by atoms with van der Waals surface area (Å²) in [7, 11) is 0. The van der Waals surface area contributed by atoms with E-state index in [2.05, 4.69) is 36.4 Å². The zero-order valence-electron chi connectivity index (χ0n) is 11.3. The second-order valence-corrected chi connectivity index (χ2v) is 7.75. The van der Waals surface area contributed by atoms with Crippen molar-refractivity contribution in [3.8, 4) is 0 Å². The average molecular weight is 359 g/mol. The maximum atomic E-state index is 12.5. The lowest BCUT2D eigenvalue weighted by molar-refractivity contribution is -0.121. The van der Waals surface area contributed by atoms with Crippen molar-refractivity contribution in [2.45, 2.75) is 37.8 Å². The van der Waals surface area contributed by atoms with Gasteiger partial charge in [0, 0.05) is 6.04 Å². The molecule has 1 amide bonds. The predicted octanol–water partition coefficient (Wildman–Crippen LogP) is 2.06. The number of anilines is 1. The molecule has 1 aromatic rings. The molecule has 0 saturated carbocycles. The number of piperidine rings is 1. The average Bonchev–Trinajstić information content (AvgIpc) is 3.09. The minimum absolute atomic E-state index is 0.0146. The van der Waals surface area contributed by atoms with Gasteiger partial charge in [0.25, 0.3) is 0 Å². The first-order valence-electron chi connectivity index (χ1n) is 7.12. The summed E-state index contributed by atoms with van der Waals surface area (Å²) in [5.41, 5.74) is 0. The van der Waals surface area contributed by atoms with Crippen molar-refractivity contribution in [3.05, 3.63) is 9.98 Å². The maximum Gasteiger partial charge on any atom is 0.243 e. The Morgan fingerprint density at radius 2 is 2.25 bits per heavy atom. The fraction of sp³-hybridized carbons (Fsp3) is 0.692. The quantitative estimate of drug-likeness (QED) is 0.868. The second-order valence-electron chi connectivity index (χ2n) is 5.34. The van der Waals surface area contributed by atoms with Gasteiger partial charge < -0.3 is 10.6 Å². The van der Waals surface area contributed by atoms with E-state index in [-0.39, 0.29) is 11.9 Å². The number of hydrogen-bond acceptors (Lipinski definition) is 5. The fourth-order valence-corrected chi connectivity index (χ4v) is 4.26.